The van der Waals surface area contributed by atoms with Crippen LogP contribution in [0.15, 0.2) is 46.9 Å². The topological polar surface area (TPSA) is 61.6 Å². The van der Waals surface area contributed by atoms with Crippen LogP contribution in [-0.4, -0.2) is 29.4 Å². The quantitative estimate of drug-likeness (QED) is 0.149. The summed E-state index contributed by atoms with van der Waals surface area (Å²) in [5.74, 6) is 0.289. The summed E-state index contributed by atoms with van der Waals surface area (Å²) < 4.78 is 20.4. The van der Waals surface area contributed by atoms with Gasteiger partial charge in [-0.25, -0.2) is 4.98 Å². The molecule has 0 radical (unpaired) electrons. The zero-order valence-corrected chi connectivity index (χ0v) is 26.3. The number of aryl methyl sites for hydroxylation is 2. The number of rotatable bonds is 10. The van der Waals surface area contributed by atoms with E-state index in [1.165, 1.54) is 11.3 Å². The van der Waals surface area contributed by atoms with Gasteiger partial charge in [-0.1, -0.05) is 59.7 Å². The van der Waals surface area contributed by atoms with Crippen LogP contribution in [0.1, 0.15) is 74.0 Å². The first-order chi connectivity index (χ1) is 16.7. The van der Waals surface area contributed by atoms with Crippen LogP contribution in [0.5, 0.6) is 0 Å². The number of hydrogen-bond donors (Lipinski definition) is 0. The van der Waals surface area contributed by atoms with Gasteiger partial charge in [-0.15, -0.1) is 11.3 Å². The Morgan fingerprint density at radius 1 is 0.944 bits per heavy atom. The third-order valence-corrected chi connectivity index (χ3v) is 14.3. The van der Waals surface area contributed by atoms with E-state index in [2.05, 4.69) is 54.6 Å². The molecule has 0 fully saturated rings. The Morgan fingerprint density at radius 2 is 1.53 bits per heavy atom. The van der Waals surface area contributed by atoms with Crippen molar-refractivity contribution in [1.29, 1.82) is 0 Å². The number of oxazole rings is 1. The molecule has 0 saturated heterocycles. The highest BCUT2D eigenvalue weighted by atomic mass is 32.1. The van der Waals surface area contributed by atoms with Gasteiger partial charge in [0.25, 0.3) is 0 Å². The maximum Gasteiger partial charge on any atom is 0.226 e. The van der Waals surface area contributed by atoms with Crippen molar-refractivity contribution in [1.82, 2.24) is 4.98 Å². The highest BCUT2D eigenvalue weighted by Gasteiger charge is 2.45. The minimum absolute atomic E-state index is 0.0364. The molecule has 0 spiro atoms. The standard InChI is InChI=1S/C28H41NO4SSi2/c1-20-24(29-25(31-20)21-13-11-10-12-14-21)28(32-35(8)26(2,3)4,33-36(9)27(5,6)7)18-17-22-15-16-23(19-30)34-22/h10-16,19,35-36H,17-18H2,1-9H3. The lowest BCUT2D eigenvalue weighted by molar-refractivity contribution is -0.142. The fourth-order valence-electron chi connectivity index (χ4n) is 3.63. The van der Waals surface area contributed by atoms with Gasteiger partial charge >= 0.3 is 0 Å². The Morgan fingerprint density at radius 3 is 2.03 bits per heavy atom. The molecule has 2 heterocycles. The maximum absolute atomic E-state index is 11.3. The predicted octanol–water partition coefficient (Wildman–Crippen LogP) is 7.65. The van der Waals surface area contributed by atoms with Crippen molar-refractivity contribution in [2.24, 2.45) is 0 Å². The van der Waals surface area contributed by atoms with Crippen LogP contribution in [0.25, 0.3) is 11.5 Å². The molecule has 1 aromatic carbocycles. The first-order valence-electron chi connectivity index (χ1n) is 12.7. The SMILES string of the molecule is Cc1oc(-c2ccccc2)nc1C(CCc1ccc(C=O)s1)(O[SiH](C)C(C)(C)C)O[SiH](C)C(C)(C)C. The Labute approximate surface area is 223 Å². The highest BCUT2D eigenvalue weighted by Crippen LogP contribution is 2.43. The number of carbonyl (C=O) groups is 1. The molecule has 0 amide bonds. The van der Waals surface area contributed by atoms with E-state index in [4.69, 9.17) is 18.3 Å². The Balaban J connectivity index is 2.13. The van der Waals surface area contributed by atoms with Crippen LogP contribution in [0.2, 0.25) is 23.2 Å². The fourth-order valence-corrected chi connectivity index (χ4v) is 6.99. The van der Waals surface area contributed by atoms with Crippen LogP contribution in [-0.2, 0) is 21.1 Å². The molecule has 0 saturated carbocycles. The number of nitrogens with zero attached hydrogens (tertiary/aromatic N) is 1. The molecule has 3 aromatic rings. The summed E-state index contributed by atoms with van der Waals surface area (Å²) in [5, 5.41) is 0.0727. The maximum atomic E-state index is 11.3. The summed E-state index contributed by atoms with van der Waals surface area (Å²) in [5.41, 5.74) is 1.66. The van der Waals surface area contributed by atoms with Gasteiger partial charge in [0.05, 0.1) is 4.88 Å². The van der Waals surface area contributed by atoms with E-state index in [-0.39, 0.29) is 10.1 Å². The number of benzene rings is 1. The number of carbonyl (C=O) groups excluding carboxylic acids is 1. The molecule has 0 bridgehead atoms. The van der Waals surface area contributed by atoms with Crippen molar-refractivity contribution in [3.63, 3.8) is 0 Å². The van der Waals surface area contributed by atoms with Gasteiger partial charge in [0, 0.05) is 16.9 Å². The zero-order chi connectivity index (χ0) is 26.7. The van der Waals surface area contributed by atoms with E-state index >= 15 is 0 Å². The summed E-state index contributed by atoms with van der Waals surface area (Å²) in [6.07, 6.45) is 2.24. The summed E-state index contributed by atoms with van der Waals surface area (Å²) in [6, 6.07) is 13.9. The number of thiophene rings is 1. The number of hydrogen-bond acceptors (Lipinski definition) is 6. The van der Waals surface area contributed by atoms with Crippen molar-refractivity contribution >= 4 is 35.7 Å². The van der Waals surface area contributed by atoms with E-state index in [0.29, 0.717) is 12.3 Å². The second-order valence-corrected chi connectivity index (χ2v) is 19.4. The first kappa shape index (κ1) is 28.7. The Kier molecular flexibility index (Phi) is 8.99. The number of aromatic nitrogens is 1. The Hall–Kier alpha value is -1.85. The van der Waals surface area contributed by atoms with Crippen molar-refractivity contribution in [3.05, 3.63) is 63.7 Å². The molecular formula is C28H41NO4SSi2. The summed E-state index contributed by atoms with van der Waals surface area (Å²) in [6.45, 7) is 19.9. The molecule has 36 heavy (non-hydrogen) atoms. The van der Waals surface area contributed by atoms with Gasteiger partial charge in [0.2, 0.25) is 5.89 Å². The molecule has 0 aliphatic heterocycles. The number of aldehydes is 1. The molecule has 3 rings (SSSR count). The second kappa shape index (κ2) is 11.3. The lowest BCUT2D eigenvalue weighted by Crippen LogP contribution is -2.47. The second-order valence-electron chi connectivity index (χ2n) is 11.7. The van der Waals surface area contributed by atoms with Gasteiger partial charge < -0.3 is 13.3 Å². The lowest BCUT2D eigenvalue weighted by Gasteiger charge is -2.43. The van der Waals surface area contributed by atoms with Gasteiger partial charge in [-0.05, 0) is 60.8 Å². The lowest BCUT2D eigenvalue weighted by atomic mass is 10.1. The molecule has 0 aliphatic rings. The van der Waals surface area contributed by atoms with Crippen LogP contribution in [0, 0.1) is 6.92 Å². The Bertz CT molecular complexity index is 1120. The van der Waals surface area contributed by atoms with Gasteiger partial charge in [-0.2, -0.15) is 0 Å². The molecule has 196 valence electrons. The molecule has 0 N–H and O–H groups in total. The van der Waals surface area contributed by atoms with E-state index < -0.39 is 23.9 Å². The zero-order valence-electron chi connectivity index (χ0n) is 23.2. The molecule has 2 unspecified atom stereocenters. The van der Waals surface area contributed by atoms with Crippen molar-refractivity contribution in [2.45, 2.75) is 90.3 Å². The van der Waals surface area contributed by atoms with Crippen molar-refractivity contribution in [3.8, 4) is 11.5 Å². The summed E-state index contributed by atoms with van der Waals surface area (Å²) in [7, 11) is -3.49. The largest absolute Gasteiger partial charge is 0.441 e. The molecule has 2 aromatic heterocycles. The average molecular weight is 544 g/mol. The van der Waals surface area contributed by atoms with Crippen molar-refractivity contribution < 1.29 is 18.1 Å². The average Bonchev–Trinajstić information content (AvgIpc) is 3.43. The van der Waals surface area contributed by atoms with Crippen LogP contribution in [0.3, 0.4) is 0 Å². The van der Waals surface area contributed by atoms with Crippen molar-refractivity contribution in [2.75, 3.05) is 0 Å². The predicted molar refractivity (Wildman–Crippen MR) is 154 cm³/mol. The smallest absolute Gasteiger partial charge is 0.226 e. The van der Waals surface area contributed by atoms with E-state index in [1.54, 1.807) is 0 Å². The van der Waals surface area contributed by atoms with Crippen LogP contribution in [0.4, 0.5) is 0 Å². The first-order valence-corrected chi connectivity index (χ1v) is 17.9. The summed E-state index contributed by atoms with van der Waals surface area (Å²) >= 11 is 1.52. The van der Waals surface area contributed by atoms with Crippen LogP contribution < -0.4 is 0 Å². The van der Waals surface area contributed by atoms with E-state index in [1.807, 2.05) is 49.4 Å². The van der Waals surface area contributed by atoms with E-state index in [9.17, 15) is 4.79 Å². The van der Waals surface area contributed by atoms with Crippen LogP contribution >= 0.6 is 11.3 Å². The van der Waals surface area contributed by atoms with E-state index in [0.717, 1.165) is 39.5 Å². The normalized spacial score (nSPS) is 15.9. The molecule has 0 aliphatic carbocycles. The van der Waals surface area contributed by atoms with Gasteiger partial charge in [0.1, 0.15) is 11.5 Å². The highest BCUT2D eigenvalue weighted by molar-refractivity contribution is 7.13. The van der Waals surface area contributed by atoms with Gasteiger partial charge in [-0.3, -0.25) is 4.79 Å². The molecule has 5 nitrogen and oxygen atoms in total. The minimum atomic E-state index is -1.75. The monoisotopic (exact) mass is 543 g/mol. The van der Waals surface area contributed by atoms with Gasteiger partial charge in [0.15, 0.2) is 30.2 Å². The summed E-state index contributed by atoms with van der Waals surface area (Å²) in [4.78, 5) is 18.2. The molecular weight excluding hydrogens is 503 g/mol. The third-order valence-electron chi connectivity index (χ3n) is 6.85. The fraction of sp³-hybridized carbons (Fsp3) is 0.500. The molecule has 8 heteroatoms. The minimum Gasteiger partial charge on any atom is -0.441 e. The third kappa shape index (κ3) is 6.92. The molecule has 2 atom stereocenters.